The molecule has 0 bridgehead atoms. The summed E-state index contributed by atoms with van der Waals surface area (Å²) < 4.78 is 11.4. The van der Waals surface area contributed by atoms with Gasteiger partial charge in [0.2, 0.25) is 0 Å². The fourth-order valence-corrected chi connectivity index (χ4v) is 1.74. The Hall–Kier alpha value is -1.47. The van der Waals surface area contributed by atoms with Gasteiger partial charge in [-0.15, -0.1) is 0 Å². The maximum Gasteiger partial charge on any atom is 0.169 e. The number of hydrogen-bond acceptors (Lipinski definition) is 4. The molecule has 0 N–H and O–H groups in total. The van der Waals surface area contributed by atoms with Crippen molar-refractivity contribution >= 4 is 80.5 Å². The molecule has 0 saturated carbocycles. The molecular weight excluding hydrogens is 424 g/mol. The van der Waals surface area contributed by atoms with E-state index in [-0.39, 0.29) is 8.41 Å². The fourth-order valence-electron chi connectivity index (χ4n) is 1.10. The average molecular weight is 434 g/mol. The smallest absolute Gasteiger partial charge is 0.169 e. The van der Waals surface area contributed by atoms with Crippen LogP contribution in [0.2, 0.25) is 0 Å². The monoisotopic (exact) mass is 433 g/mol. The van der Waals surface area contributed by atoms with Crippen molar-refractivity contribution in [1.29, 1.82) is 0 Å². The van der Waals surface area contributed by atoms with Gasteiger partial charge in [0.05, 0.1) is 0 Å². The molecule has 0 saturated heterocycles. The van der Waals surface area contributed by atoms with Crippen LogP contribution in [0.1, 0.15) is 11.5 Å². The Morgan fingerprint density at radius 3 is 1.35 bits per heavy atom. The molecule has 2 rings (SSSR count). The van der Waals surface area contributed by atoms with E-state index in [0.29, 0.717) is 33.4 Å². The summed E-state index contributed by atoms with van der Waals surface area (Å²) in [5.74, 6) is 1.33. The van der Waals surface area contributed by atoms with Crippen LogP contribution < -0.4 is 0 Å². The van der Waals surface area contributed by atoms with Gasteiger partial charge in [0.1, 0.15) is 24.1 Å². The number of rotatable bonds is 4. The van der Waals surface area contributed by atoms with Crippen LogP contribution in [0.3, 0.4) is 0 Å². The minimum atomic E-state index is 0. The molecule has 2 aromatic heterocycles. The summed E-state index contributed by atoms with van der Waals surface area (Å²) in [5, 5.41) is 0. The normalized spacial score (nSPS) is 9.30. The second-order valence-corrected chi connectivity index (χ2v) is 4.84. The quantitative estimate of drug-likeness (QED) is 0.421. The zero-order valence-corrected chi connectivity index (χ0v) is 15.1. The molecule has 0 fully saturated rings. The van der Waals surface area contributed by atoms with E-state index in [0.717, 1.165) is 0 Å². The Kier molecular flexibility index (Phi) is 16.0. The van der Waals surface area contributed by atoms with Crippen LogP contribution in [-0.4, -0.2) is 36.5 Å². The number of carbonyl (C=O) groups excluding carboxylic acids is 2. The van der Waals surface area contributed by atoms with Crippen LogP contribution in [0.15, 0.2) is 54.6 Å². The number of hydrogen-bond donors (Lipinski definition) is 0. The summed E-state index contributed by atoms with van der Waals surface area (Å²) in [6, 6.07) is 7.07. The van der Waals surface area contributed by atoms with Crippen LogP contribution in [0.25, 0.3) is 12.2 Å². The Bertz CT molecular complexity index is 567. The molecule has 0 aliphatic rings. The second kappa shape index (κ2) is 15.4. The van der Waals surface area contributed by atoms with Crippen LogP contribution in [0.4, 0.5) is 0 Å². The Labute approximate surface area is 156 Å². The van der Waals surface area contributed by atoms with Crippen LogP contribution in [0.5, 0.6) is 0 Å². The lowest BCUT2D eigenvalue weighted by molar-refractivity contribution is -0.104. The Morgan fingerprint density at radius 1 is 0.783 bits per heavy atom. The van der Waals surface area contributed by atoms with Gasteiger partial charge in [-0.3, -0.25) is 9.59 Å². The minimum Gasteiger partial charge on any atom is -0.450 e. The summed E-state index contributed by atoms with van der Waals surface area (Å²) in [6.07, 6.45) is 7.36. The van der Waals surface area contributed by atoms with Gasteiger partial charge in [0.15, 0.2) is 9.34 Å². The van der Waals surface area contributed by atoms with E-state index in [2.05, 4.69) is 47.3 Å². The number of allylic oxidation sites excluding steroid dienone is 2. The second-order valence-electron chi connectivity index (χ2n) is 3.27. The highest BCUT2D eigenvalue weighted by molar-refractivity contribution is 9.10. The first kappa shape index (κ1) is 23.8. The van der Waals surface area contributed by atoms with E-state index in [4.69, 9.17) is 8.83 Å². The third-order valence-electron chi connectivity index (χ3n) is 1.87. The molecule has 0 aromatic carbocycles. The van der Waals surface area contributed by atoms with Gasteiger partial charge in [-0.2, -0.15) is 0 Å². The topological polar surface area (TPSA) is 60.4 Å². The van der Waals surface area contributed by atoms with Crippen molar-refractivity contribution in [2.75, 3.05) is 0 Å². The van der Waals surface area contributed by atoms with Crippen LogP contribution in [0, 0.1) is 0 Å². The van der Waals surface area contributed by atoms with E-state index >= 15 is 0 Å². The van der Waals surface area contributed by atoms with Crippen molar-refractivity contribution in [2.24, 2.45) is 0 Å². The SMILES string of the molecule is O=C/C=C/c1ccc(Br)o1.O=C/C=C/c1ccc(Br)o1.[B].[B][B]. The maximum atomic E-state index is 9.84. The molecule has 23 heavy (non-hydrogen) atoms. The summed E-state index contributed by atoms with van der Waals surface area (Å²) in [7, 11) is 8.00. The van der Waals surface area contributed by atoms with Gasteiger partial charge in [-0.05, 0) is 80.4 Å². The lowest BCUT2D eigenvalue weighted by atomic mass is 9.81. The van der Waals surface area contributed by atoms with Gasteiger partial charge < -0.3 is 8.83 Å². The maximum absolute atomic E-state index is 9.84. The molecule has 0 amide bonds. The molecular formula is C14H10B3Br2O4. The summed E-state index contributed by atoms with van der Waals surface area (Å²) >= 11 is 6.27. The number of halogens is 2. The largest absolute Gasteiger partial charge is 0.450 e. The van der Waals surface area contributed by atoms with Crippen molar-refractivity contribution in [2.45, 2.75) is 0 Å². The van der Waals surface area contributed by atoms with Crippen LogP contribution >= 0.6 is 31.9 Å². The van der Waals surface area contributed by atoms with E-state index in [1.807, 2.05) is 0 Å². The predicted molar refractivity (Wildman–Crippen MR) is 100 cm³/mol. The van der Waals surface area contributed by atoms with Gasteiger partial charge in [0.25, 0.3) is 0 Å². The van der Waals surface area contributed by atoms with E-state index in [1.165, 1.54) is 12.2 Å². The first-order valence-corrected chi connectivity index (χ1v) is 7.32. The number of furan rings is 2. The highest BCUT2D eigenvalue weighted by Crippen LogP contribution is 2.15. The summed E-state index contributed by atoms with van der Waals surface area (Å²) in [5.41, 5.74) is 0. The first-order valence-electron chi connectivity index (χ1n) is 5.73. The van der Waals surface area contributed by atoms with Crippen molar-refractivity contribution in [1.82, 2.24) is 0 Å². The highest BCUT2D eigenvalue weighted by Gasteiger charge is 1.92. The average Bonchev–Trinajstić information content (AvgIpc) is 3.14. The number of aldehydes is 2. The van der Waals surface area contributed by atoms with Crippen molar-refractivity contribution < 1.29 is 18.4 Å². The van der Waals surface area contributed by atoms with Crippen molar-refractivity contribution in [3.63, 3.8) is 0 Å². The zero-order chi connectivity index (χ0) is 16.8. The number of carbonyl (C=O) groups is 2. The molecule has 2 aromatic rings. The molecule has 9 heteroatoms. The van der Waals surface area contributed by atoms with Gasteiger partial charge in [-0.1, -0.05) is 0 Å². The van der Waals surface area contributed by atoms with Gasteiger partial charge >= 0.3 is 0 Å². The van der Waals surface area contributed by atoms with Gasteiger partial charge in [0, 0.05) is 23.9 Å². The molecule has 4 nitrogen and oxygen atoms in total. The summed E-state index contributed by atoms with van der Waals surface area (Å²) in [6.45, 7) is 0. The van der Waals surface area contributed by atoms with Gasteiger partial charge in [-0.25, -0.2) is 0 Å². The predicted octanol–water partition coefficient (Wildman–Crippen LogP) is 3.37. The molecule has 0 atom stereocenters. The van der Waals surface area contributed by atoms with E-state index in [9.17, 15) is 9.59 Å². The van der Waals surface area contributed by atoms with Crippen molar-refractivity contribution in [3.05, 3.63) is 57.3 Å². The van der Waals surface area contributed by atoms with E-state index in [1.54, 1.807) is 36.4 Å². The molecule has 7 radical (unpaired) electrons. The minimum absolute atomic E-state index is 0. The zero-order valence-electron chi connectivity index (χ0n) is 11.9. The fraction of sp³-hybridized carbons (Fsp3) is 0. The van der Waals surface area contributed by atoms with E-state index < -0.39 is 0 Å². The Morgan fingerprint density at radius 2 is 1.13 bits per heavy atom. The first-order chi connectivity index (χ1) is 10.7. The van der Waals surface area contributed by atoms with Crippen LogP contribution in [-0.2, 0) is 9.59 Å². The molecule has 2 heterocycles. The molecule has 0 aliphatic heterocycles. The van der Waals surface area contributed by atoms with Crippen molar-refractivity contribution in [3.8, 4) is 0 Å². The third-order valence-corrected chi connectivity index (χ3v) is 2.72. The molecule has 113 valence electrons. The lowest BCUT2D eigenvalue weighted by Crippen LogP contribution is -1.60. The lowest BCUT2D eigenvalue weighted by Gasteiger charge is -1.79. The summed E-state index contributed by atoms with van der Waals surface area (Å²) in [4.78, 5) is 19.7. The molecule has 0 aliphatic carbocycles. The standard InChI is InChI=1S/2C7H5BrO2.B2.B/c2*8-7-4-3-6(10-7)2-1-5-9;1-2;/h2*1-5H;;/b2*2-1+;;. The Balaban J connectivity index is 0. The molecule has 0 unspecified atom stereocenters. The third kappa shape index (κ3) is 11.7. The molecule has 0 spiro atoms. The highest BCUT2D eigenvalue weighted by atomic mass is 79.9.